The first-order valence-electron chi connectivity index (χ1n) is 7.75. The summed E-state index contributed by atoms with van der Waals surface area (Å²) >= 11 is 2.58. The minimum atomic E-state index is -0.934. The van der Waals surface area contributed by atoms with Gasteiger partial charge in [0.2, 0.25) is 0 Å². The normalized spacial score (nSPS) is 16.7. The molecule has 2 heterocycles. The van der Waals surface area contributed by atoms with E-state index in [-0.39, 0.29) is 17.8 Å². The highest BCUT2D eigenvalue weighted by Crippen LogP contribution is 2.37. The maximum Gasteiger partial charge on any atom is 0.308 e. The molecular weight excluding hydrogens is 378 g/mol. The first-order chi connectivity index (χ1) is 12.3. The van der Waals surface area contributed by atoms with Gasteiger partial charge in [-0.2, -0.15) is 0 Å². The average molecular weight is 393 g/mol. The second-order valence-corrected chi connectivity index (χ2v) is 8.02. The maximum atomic E-state index is 12.6. The van der Waals surface area contributed by atoms with Gasteiger partial charge in [-0.1, -0.05) is 11.8 Å². The summed E-state index contributed by atoms with van der Waals surface area (Å²) in [4.78, 5) is 40.6. The molecule has 10 heteroatoms. The summed E-state index contributed by atoms with van der Waals surface area (Å²) in [5, 5.41) is 22.3. The lowest BCUT2D eigenvalue weighted by Gasteiger charge is -2.16. The van der Waals surface area contributed by atoms with Crippen LogP contribution in [0.2, 0.25) is 0 Å². The van der Waals surface area contributed by atoms with Gasteiger partial charge in [0.05, 0.1) is 15.7 Å². The van der Waals surface area contributed by atoms with Crippen LogP contribution in [0.25, 0.3) is 0 Å². The summed E-state index contributed by atoms with van der Waals surface area (Å²) in [5.74, 6) is -1.91. The molecule has 0 saturated carbocycles. The summed E-state index contributed by atoms with van der Waals surface area (Å²) in [7, 11) is 0. The second kappa shape index (κ2) is 7.42. The Balaban J connectivity index is 1.83. The Morgan fingerprint density at radius 3 is 2.81 bits per heavy atom. The maximum absolute atomic E-state index is 12.6. The highest BCUT2D eigenvalue weighted by atomic mass is 32.2. The molecule has 1 aliphatic heterocycles. The fourth-order valence-corrected chi connectivity index (χ4v) is 4.56. The van der Waals surface area contributed by atoms with E-state index in [1.807, 2.05) is 12.3 Å². The van der Waals surface area contributed by atoms with Gasteiger partial charge in [0.1, 0.15) is 0 Å². The molecule has 0 spiro atoms. The SMILES string of the molecule is Cc1csc(Sc2ccc(C(=O)N3CCC(C(=O)O)C3)cc2[N+](=O)[O-])n1. The largest absolute Gasteiger partial charge is 0.481 e. The predicted molar refractivity (Wildman–Crippen MR) is 95.7 cm³/mol. The molecule has 1 unspecified atom stereocenters. The summed E-state index contributed by atoms with van der Waals surface area (Å²) < 4.78 is 0.688. The molecule has 1 fully saturated rings. The Morgan fingerprint density at radius 1 is 1.46 bits per heavy atom. The number of aryl methyl sites for hydroxylation is 1. The monoisotopic (exact) mass is 393 g/mol. The molecule has 1 atom stereocenters. The van der Waals surface area contributed by atoms with Crippen LogP contribution in [0.15, 0.2) is 32.8 Å². The van der Waals surface area contributed by atoms with Gasteiger partial charge in [-0.05, 0) is 25.5 Å². The summed E-state index contributed by atoms with van der Waals surface area (Å²) in [5.41, 5.74) is 0.860. The van der Waals surface area contributed by atoms with E-state index in [2.05, 4.69) is 4.98 Å². The van der Waals surface area contributed by atoms with E-state index in [4.69, 9.17) is 5.11 Å². The third-order valence-electron chi connectivity index (χ3n) is 4.02. The van der Waals surface area contributed by atoms with Crippen LogP contribution in [-0.4, -0.2) is 44.9 Å². The van der Waals surface area contributed by atoms with Gasteiger partial charge in [0, 0.05) is 35.8 Å². The lowest BCUT2D eigenvalue weighted by atomic mass is 10.1. The molecular formula is C16H15N3O5S2. The number of aliphatic carboxylic acids is 1. The highest BCUT2D eigenvalue weighted by Gasteiger charge is 2.32. The molecule has 8 nitrogen and oxygen atoms in total. The zero-order valence-electron chi connectivity index (χ0n) is 13.7. The van der Waals surface area contributed by atoms with Crippen molar-refractivity contribution in [3.8, 4) is 0 Å². The Bertz CT molecular complexity index is 883. The summed E-state index contributed by atoms with van der Waals surface area (Å²) in [6, 6.07) is 4.32. The molecule has 0 bridgehead atoms. The number of thiazole rings is 1. The summed E-state index contributed by atoms with van der Waals surface area (Å²) in [6.07, 6.45) is 0.389. The van der Waals surface area contributed by atoms with Gasteiger partial charge in [-0.25, -0.2) is 4.98 Å². The van der Waals surface area contributed by atoms with E-state index in [0.29, 0.717) is 22.2 Å². The van der Waals surface area contributed by atoms with Crippen molar-refractivity contribution in [3.63, 3.8) is 0 Å². The number of hydrogen-bond acceptors (Lipinski definition) is 7. The van der Waals surface area contributed by atoms with Crippen LogP contribution in [0.5, 0.6) is 0 Å². The van der Waals surface area contributed by atoms with Gasteiger partial charge in [-0.3, -0.25) is 19.7 Å². The fourth-order valence-electron chi connectivity index (χ4n) is 2.68. The van der Waals surface area contributed by atoms with Crippen LogP contribution in [0, 0.1) is 23.0 Å². The number of carboxylic acids is 1. The molecule has 1 aromatic heterocycles. The number of nitrogens with zero attached hydrogens (tertiary/aromatic N) is 3. The number of likely N-dealkylation sites (tertiary alicyclic amines) is 1. The number of amides is 1. The van der Waals surface area contributed by atoms with E-state index >= 15 is 0 Å². The molecule has 3 rings (SSSR count). The van der Waals surface area contributed by atoms with Gasteiger partial charge in [0.25, 0.3) is 11.6 Å². The van der Waals surface area contributed by atoms with Gasteiger partial charge in [0.15, 0.2) is 4.34 Å². The van der Waals surface area contributed by atoms with Crippen molar-refractivity contribution in [1.29, 1.82) is 0 Å². The average Bonchev–Trinajstić information content (AvgIpc) is 3.23. The minimum Gasteiger partial charge on any atom is -0.481 e. The number of carbonyl (C=O) groups is 2. The zero-order chi connectivity index (χ0) is 18.8. The van der Waals surface area contributed by atoms with Crippen molar-refractivity contribution >= 4 is 40.7 Å². The van der Waals surface area contributed by atoms with Crippen molar-refractivity contribution in [3.05, 3.63) is 45.0 Å². The second-order valence-electron chi connectivity index (χ2n) is 5.87. The van der Waals surface area contributed by atoms with Crippen molar-refractivity contribution in [2.24, 2.45) is 5.92 Å². The first kappa shape index (κ1) is 18.3. The summed E-state index contributed by atoms with van der Waals surface area (Å²) in [6.45, 7) is 2.30. The van der Waals surface area contributed by atoms with E-state index in [1.54, 1.807) is 0 Å². The number of carbonyl (C=O) groups excluding carboxylic acids is 1. The first-order valence-corrected chi connectivity index (χ1v) is 9.45. The Kier molecular flexibility index (Phi) is 5.23. The lowest BCUT2D eigenvalue weighted by Crippen LogP contribution is -2.30. The molecule has 2 aromatic rings. The zero-order valence-corrected chi connectivity index (χ0v) is 15.4. The Labute approximate surface area is 157 Å². The molecule has 26 heavy (non-hydrogen) atoms. The Hall–Kier alpha value is -2.46. The number of aromatic nitrogens is 1. The van der Waals surface area contributed by atoms with Crippen molar-refractivity contribution in [1.82, 2.24) is 9.88 Å². The van der Waals surface area contributed by atoms with Crippen LogP contribution in [-0.2, 0) is 4.79 Å². The van der Waals surface area contributed by atoms with Gasteiger partial charge < -0.3 is 10.0 Å². The molecule has 1 aromatic carbocycles. The van der Waals surface area contributed by atoms with Crippen LogP contribution in [0.4, 0.5) is 5.69 Å². The minimum absolute atomic E-state index is 0.122. The Morgan fingerprint density at radius 2 is 2.23 bits per heavy atom. The van der Waals surface area contributed by atoms with E-state index in [9.17, 15) is 19.7 Å². The van der Waals surface area contributed by atoms with Gasteiger partial charge in [-0.15, -0.1) is 11.3 Å². The van der Waals surface area contributed by atoms with Crippen LogP contribution >= 0.6 is 23.1 Å². The quantitative estimate of drug-likeness (QED) is 0.613. The molecule has 1 amide bonds. The number of rotatable bonds is 5. The van der Waals surface area contributed by atoms with Crippen LogP contribution < -0.4 is 0 Å². The number of benzene rings is 1. The highest BCUT2D eigenvalue weighted by molar-refractivity contribution is 8.01. The van der Waals surface area contributed by atoms with Crippen molar-refractivity contribution in [2.45, 2.75) is 22.6 Å². The smallest absolute Gasteiger partial charge is 0.308 e. The number of carboxylic acid groups (broad SMARTS) is 1. The topological polar surface area (TPSA) is 114 Å². The molecule has 136 valence electrons. The lowest BCUT2D eigenvalue weighted by molar-refractivity contribution is -0.387. The third-order valence-corrected chi connectivity index (χ3v) is 6.14. The standard InChI is InChI=1S/C16H15N3O5S2/c1-9-8-25-16(17-9)26-13-3-2-10(6-12(13)19(23)24)14(20)18-5-4-11(7-18)15(21)22/h2-3,6,8,11H,4-5,7H2,1H3,(H,21,22). The molecule has 0 radical (unpaired) electrons. The number of nitro groups is 1. The van der Waals surface area contributed by atoms with Crippen LogP contribution in [0.3, 0.4) is 0 Å². The molecule has 1 N–H and O–H groups in total. The molecule has 0 aliphatic carbocycles. The fraction of sp³-hybridized carbons (Fsp3) is 0.312. The van der Waals surface area contributed by atoms with E-state index < -0.39 is 22.7 Å². The molecule has 1 saturated heterocycles. The third kappa shape index (κ3) is 3.86. The van der Waals surface area contributed by atoms with E-state index in [0.717, 1.165) is 5.69 Å². The number of nitro benzene ring substituents is 1. The van der Waals surface area contributed by atoms with Crippen molar-refractivity contribution in [2.75, 3.05) is 13.1 Å². The number of hydrogen-bond donors (Lipinski definition) is 1. The van der Waals surface area contributed by atoms with Gasteiger partial charge >= 0.3 is 5.97 Å². The molecule has 1 aliphatic rings. The van der Waals surface area contributed by atoms with E-state index in [1.165, 1.54) is 46.2 Å². The predicted octanol–water partition coefficient (Wildman–Crippen LogP) is 3.06. The van der Waals surface area contributed by atoms with Crippen molar-refractivity contribution < 1.29 is 19.6 Å². The van der Waals surface area contributed by atoms with Crippen LogP contribution in [0.1, 0.15) is 22.5 Å².